The van der Waals surface area contributed by atoms with E-state index in [2.05, 4.69) is 10.4 Å². The zero-order valence-corrected chi connectivity index (χ0v) is 15.6. The second-order valence-electron chi connectivity index (χ2n) is 6.53. The van der Waals surface area contributed by atoms with Gasteiger partial charge < -0.3 is 19.5 Å². The third-order valence-corrected chi connectivity index (χ3v) is 4.70. The zero-order chi connectivity index (χ0) is 18.0. The van der Waals surface area contributed by atoms with E-state index in [9.17, 15) is 4.79 Å². The number of ether oxygens (including phenoxy) is 1. The summed E-state index contributed by atoms with van der Waals surface area (Å²) in [6.07, 6.45) is 2.20. The molecule has 134 valence electrons. The number of benzene rings is 1. The monoisotopic (exact) mass is 362 g/mol. The van der Waals surface area contributed by atoms with E-state index in [1.165, 1.54) is 0 Å². The van der Waals surface area contributed by atoms with E-state index in [1.54, 1.807) is 11.8 Å². The highest BCUT2D eigenvalue weighted by Crippen LogP contribution is 2.20. The lowest BCUT2D eigenvalue weighted by Gasteiger charge is -2.13. The molecular formula is C17H24N5O2S+. The van der Waals surface area contributed by atoms with Crippen molar-refractivity contribution in [2.75, 3.05) is 20.7 Å². The van der Waals surface area contributed by atoms with Crippen LogP contribution in [0.15, 0.2) is 24.3 Å². The van der Waals surface area contributed by atoms with Crippen LogP contribution in [-0.4, -0.2) is 47.0 Å². The second kappa shape index (κ2) is 7.37. The zero-order valence-electron chi connectivity index (χ0n) is 14.8. The Labute approximate surface area is 152 Å². The van der Waals surface area contributed by atoms with E-state index in [1.807, 2.05) is 42.9 Å². The molecule has 1 saturated carbocycles. The highest BCUT2D eigenvalue weighted by atomic mass is 32.1. The molecule has 1 fully saturated rings. The van der Waals surface area contributed by atoms with Gasteiger partial charge in [-0.2, -0.15) is 4.68 Å². The van der Waals surface area contributed by atoms with Crippen molar-refractivity contribution in [3.63, 3.8) is 0 Å². The summed E-state index contributed by atoms with van der Waals surface area (Å²) in [5, 5.41) is 7.64. The number of methoxy groups -OCH3 is 1. The number of aromatic nitrogens is 3. The maximum Gasteiger partial charge on any atom is 0.275 e. The maximum absolute atomic E-state index is 11.9. The van der Waals surface area contributed by atoms with Gasteiger partial charge in [-0.1, -0.05) is 0 Å². The van der Waals surface area contributed by atoms with Crippen LogP contribution in [0.2, 0.25) is 0 Å². The molecule has 25 heavy (non-hydrogen) atoms. The van der Waals surface area contributed by atoms with Crippen LogP contribution < -0.4 is 15.0 Å². The third kappa shape index (κ3) is 4.26. The average molecular weight is 362 g/mol. The van der Waals surface area contributed by atoms with Crippen LogP contribution in [0.3, 0.4) is 0 Å². The number of amides is 1. The average Bonchev–Trinajstić information content (AvgIpc) is 3.36. The number of rotatable bonds is 7. The topological polar surface area (TPSA) is 65.5 Å². The molecule has 1 atom stereocenters. The van der Waals surface area contributed by atoms with E-state index in [0.29, 0.717) is 24.0 Å². The van der Waals surface area contributed by atoms with Crippen LogP contribution in [0.5, 0.6) is 5.75 Å². The third-order valence-electron chi connectivity index (χ3n) is 4.21. The molecule has 8 heteroatoms. The highest BCUT2D eigenvalue weighted by molar-refractivity contribution is 7.71. The second-order valence-corrected chi connectivity index (χ2v) is 6.89. The Balaban J connectivity index is 1.71. The number of carbonyl (C=O) groups is 1. The molecular weight excluding hydrogens is 338 g/mol. The summed E-state index contributed by atoms with van der Waals surface area (Å²) in [6, 6.07) is 8.10. The van der Waals surface area contributed by atoms with Gasteiger partial charge in [-0.05, 0) is 49.3 Å². The summed E-state index contributed by atoms with van der Waals surface area (Å²) in [5.74, 6) is 1.68. The van der Waals surface area contributed by atoms with Crippen LogP contribution >= 0.6 is 12.2 Å². The number of nitrogens with one attached hydrogen (secondary N) is 2. The Morgan fingerprint density at radius 1 is 1.40 bits per heavy atom. The summed E-state index contributed by atoms with van der Waals surface area (Å²) in [7, 11) is 5.51. The van der Waals surface area contributed by atoms with Crippen molar-refractivity contribution in [3.8, 4) is 17.1 Å². The summed E-state index contributed by atoms with van der Waals surface area (Å²) in [4.78, 5) is 13.0. The quantitative estimate of drug-likeness (QED) is 0.699. The lowest BCUT2D eigenvalue weighted by atomic mass is 10.2. The van der Waals surface area contributed by atoms with Gasteiger partial charge in [0.25, 0.3) is 5.91 Å². The highest BCUT2D eigenvalue weighted by Gasteiger charge is 2.24. The van der Waals surface area contributed by atoms with Gasteiger partial charge >= 0.3 is 0 Å². The normalized spacial score (nSPS) is 15.0. The number of hydrogen-bond donors (Lipinski definition) is 2. The van der Waals surface area contributed by atoms with Gasteiger partial charge in [-0.25, -0.2) is 0 Å². The van der Waals surface area contributed by atoms with Crippen molar-refractivity contribution in [2.45, 2.75) is 25.6 Å². The Bertz CT molecular complexity index is 807. The molecule has 1 aliphatic carbocycles. The standard InChI is InChI=1S/C17H23N5O2S/c1-20(10-15(23)18-13-6-7-13)11-22-17(25)21(2)16(19-22)12-4-8-14(24-3)9-5-12/h4-5,8-9,13H,6-7,10-11H2,1-3H3,(H,18,23)/p+1. The SMILES string of the molecule is COc1ccc(-c2nn(C[NH+](C)CC(=O)NC3CC3)c(=S)n2C)cc1. The van der Waals surface area contributed by atoms with Crippen molar-refractivity contribution in [1.82, 2.24) is 19.7 Å². The van der Waals surface area contributed by atoms with Crippen molar-refractivity contribution in [2.24, 2.45) is 7.05 Å². The minimum Gasteiger partial charge on any atom is -0.497 e. The number of likely N-dealkylation sites (N-methyl/N-ethyl adjacent to an activating group) is 1. The molecule has 1 aromatic carbocycles. The van der Waals surface area contributed by atoms with Crippen molar-refractivity contribution >= 4 is 18.1 Å². The van der Waals surface area contributed by atoms with Crippen LogP contribution in [-0.2, 0) is 18.5 Å². The van der Waals surface area contributed by atoms with Crippen molar-refractivity contribution in [3.05, 3.63) is 29.0 Å². The van der Waals surface area contributed by atoms with E-state index in [0.717, 1.165) is 34.9 Å². The molecule has 1 heterocycles. The smallest absolute Gasteiger partial charge is 0.275 e. The van der Waals surface area contributed by atoms with Crippen LogP contribution in [0.4, 0.5) is 0 Å². The molecule has 0 aliphatic heterocycles. The van der Waals surface area contributed by atoms with E-state index >= 15 is 0 Å². The number of hydrogen-bond acceptors (Lipinski definition) is 4. The molecule has 2 N–H and O–H groups in total. The van der Waals surface area contributed by atoms with Crippen molar-refractivity contribution < 1.29 is 14.4 Å². The van der Waals surface area contributed by atoms with Gasteiger partial charge in [-0.15, -0.1) is 5.10 Å². The Kier molecular flexibility index (Phi) is 5.19. The van der Waals surface area contributed by atoms with Gasteiger partial charge in [0, 0.05) is 18.7 Å². The molecule has 1 aromatic heterocycles. The van der Waals surface area contributed by atoms with Crippen molar-refractivity contribution in [1.29, 1.82) is 0 Å². The van der Waals surface area contributed by atoms with Crippen LogP contribution in [0.1, 0.15) is 12.8 Å². The Morgan fingerprint density at radius 2 is 2.08 bits per heavy atom. The first-order chi connectivity index (χ1) is 12.0. The van der Waals surface area contributed by atoms with Gasteiger partial charge in [0.05, 0.1) is 14.2 Å². The first kappa shape index (κ1) is 17.6. The molecule has 0 saturated heterocycles. The van der Waals surface area contributed by atoms with E-state index in [-0.39, 0.29) is 5.91 Å². The Hall–Kier alpha value is -2.19. The number of nitrogens with zero attached hydrogens (tertiary/aromatic N) is 3. The largest absolute Gasteiger partial charge is 0.497 e. The van der Waals surface area contributed by atoms with E-state index in [4.69, 9.17) is 17.0 Å². The van der Waals surface area contributed by atoms with E-state index < -0.39 is 0 Å². The lowest BCUT2D eigenvalue weighted by Crippen LogP contribution is -3.09. The van der Waals surface area contributed by atoms with Gasteiger partial charge in [0.15, 0.2) is 19.0 Å². The van der Waals surface area contributed by atoms with Gasteiger partial charge in [0.2, 0.25) is 4.77 Å². The predicted molar refractivity (Wildman–Crippen MR) is 96.9 cm³/mol. The lowest BCUT2D eigenvalue weighted by molar-refractivity contribution is -0.895. The van der Waals surface area contributed by atoms with Crippen LogP contribution in [0, 0.1) is 4.77 Å². The molecule has 1 unspecified atom stereocenters. The molecule has 1 amide bonds. The molecule has 0 bridgehead atoms. The van der Waals surface area contributed by atoms with Crippen LogP contribution in [0.25, 0.3) is 11.4 Å². The minimum absolute atomic E-state index is 0.0813. The Morgan fingerprint density at radius 3 is 2.68 bits per heavy atom. The summed E-state index contributed by atoms with van der Waals surface area (Å²) in [6.45, 7) is 0.952. The minimum atomic E-state index is 0.0813. The fraction of sp³-hybridized carbons (Fsp3) is 0.471. The molecule has 3 rings (SSSR count). The fourth-order valence-corrected chi connectivity index (χ4v) is 2.87. The first-order valence-electron chi connectivity index (χ1n) is 8.37. The molecule has 2 aromatic rings. The molecule has 7 nitrogen and oxygen atoms in total. The molecule has 0 spiro atoms. The van der Waals surface area contributed by atoms with Gasteiger partial charge in [0.1, 0.15) is 5.75 Å². The predicted octanol–water partition coefficient (Wildman–Crippen LogP) is 0.377. The summed E-state index contributed by atoms with van der Waals surface area (Å²) in [5.41, 5.74) is 0.970. The van der Waals surface area contributed by atoms with Gasteiger partial charge in [-0.3, -0.25) is 4.79 Å². The summed E-state index contributed by atoms with van der Waals surface area (Å²) >= 11 is 5.50. The number of carbonyl (C=O) groups excluding carboxylic acids is 1. The fourth-order valence-electron chi connectivity index (χ4n) is 2.67. The first-order valence-corrected chi connectivity index (χ1v) is 8.77. The molecule has 1 aliphatic rings. The maximum atomic E-state index is 11.9. The number of quaternary nitrogens is 1. The molecule has 0 radical (unpaired) electrons. The summed E-state index contributed by atoms with van der Waals surface area (Å²) < 4.78 is 9.48.